The third-order valence-electron chi connectivity index (χ3n) is 2.96. The van der Waals surface area contributed by atoms with E-state index in [0.717, 1.165) is 29.2 Å². The van der Waals surface area contributed by atoms with E-state index in [1.165, 1.54) is 16.5 Å². The summed E-state index contributed by atoms with van der Waals surface area (Å²) >= 11 is 11.7. The van der Waals surface area contributed by atoms with E-state index in [0.29, 0.717) is 5.25 Å². The van der Waals surface area contributed by atoms with Crippen molar-refractivity contribution in [2.24, 2.45) is 0 Å². The summed E-state index contributed by atoms with van der Waals surface area (Å²) in [6, 6.07) is 0. The van der Waals surface area contributed by atoms with E-state index in [1.807, 2.05) is 11.3 Å². The van der Waals surface area contributed by atoms with Crippen LogP contribution in [0.15, 0.2) is 5.38 Å². The fraction of sp³-hybridized carbons (Fsp3) is 0.750. The molecule has 5 heteroatoms. The molecule has 2 heterocycles. The average Bonchev–Trinajstić information content (AvgIpc) is 2.79. The second-order valence-electron chi connectivity index (χ2n) is 4.34. The van der Waals surface area contributed by atoms with Gasteiger partial charge in [-0.1, -0.05) is 13.8 Å². The van der Waals surface area contributed by atoms with Crippen molar-refractivity contribution < 1.29 is 0 Å². The van der Waals surface area contributed by atoms with Gasteiger partial charge in [-0.15, -0.1) is 34.7 Å². The van der Waals surface area contributed by atoms with Gasteiger partial charge in [-0.05, 0) is 12.8 Å². The molecule has 96 valence electrons. The summed E-state index contributed by atoms with van der Waals surface area (Å²) < 4.78 is 0. The van der Waals surface area contributed by atoms with Gasteiger partial charge in [0.05, 0.1) is 10.9 Å². The Labute approximate surface area is 121 Å². The molecule has 3 unspecified atom stereocenters. The van der Waals surface area contributed by atoms with E-state index in [9.17, 15) is 0 Å². The summed E-state index contributed by atoms with van der Waals surface area (Å²) in [5.74, 6) is 1.94. The molecular formula is C12H18ClNS3. The van der Waals surface area contributed by atoms with Crippen molar-refractivity contribution in [2.75, 3.05) is 11.6 Å². The first-order chi connectivity index (χ1) is 8.20. The first-order valence-electron chi connectivity index (χ1n) is 5.98. The van der Waals surface area contributed by atoms with Crippen LogP contribution >= 0.6 is 46.5 Å². The van der Waals surface area contributed by atoms with Gasteiger partial charge in [0, 0.05) is 27.5 Å². The summed E-state index contributed by atoms with van der Waals surface area (Å²) in [7, 11) is 0. The van der Waals surface area contributed by atoms with Crippen LogP contribution < -0.4 is 0 Å². The Morgan fingerprint density at radius 3 is 2.94 bits per heavy atom. The zero-order valence-corrected chi connectivity index (χ0v) is 13.4. The van der Waals surface area contributed by atoms with Crippen LogP contribution in [0.25, 0.3) is 0 Å². The smallest absolute Gasteiger partial charge is 0.107 e. The van der Waals surface area contributed by atoms with Crippen LogP contribution in [0.1, 0.15) is 36.2 Å². The van der Waals surface area contributed by atoms with E-state index in [-0.39, 0.29) is 0 Å². The van der Waals surface area contributed by atoms with Gasteiger partial charge in [-0.2, -0.15) is 11.8 Å². The quantitative estimate of drug-likeness (QED) is 0.754. The van der Waals surface area contributed by atoms with Gasteiger partial charge in [0.2, 0.25) is 0 Å². The molecule has 0 amide bonds. The van der Waals surface area contributed by atoms with Crippen LogP contribution in [0.5, 0.6) is 0 Å². The number of halogens is 1. The van der Waals surface area contributed by atoms with Crippen LogP contribution in [0.3, 0.4) is 0 Å². The predicted octanol–water partition coefficient (Wildman–Crippen LogP) is 4.61. The highest BCUT2D eigenvalue weighted by atomic mass is 35.5. The maximum Gasteiger partial charge on any atom is 0.107 e. The van der Waals surface area contributed by atoms with E-state index in [2.05, 4.69) is 42.8 Å². The van der Waals surface area contributed by atoms with Crippen molar-refractivity contribution in [3.8, 4) is 0 Å². The maximum absolute atomic E-state index is 5.71. The molecule has 0 aromatic carbocycles. The minimum absolute atomic E-state index is 0.598. The molecule has 0 saturated carbocycles. The highest BCUT2D eigenvalue weighted by molar-refractivity contribution is 8.07. The Kier molecular flexibility index (Phi) is 5.52. The zero-order valence-electron chi connectivity index (χ0n) is 10.2. The van der Waals surface area contributed by atoms with Crippen molar-refractivity contribution >= 4 is 46.5 Å². The molecule has 17 heavy (non-hydrogen) atoms. The van der Waals surface area contributed by atoms with Crippen molar-refractivity contribution in [3.63, 3.8) is 0 Å². The fourth-order valence-electron chi connectivity index (χ4n) is 1.75. The van der Waals surface area contributed by atoms with Crippen LogP contribution in [0.2, 0.25) is 0 Å². The molecule has 0 bridgehead atoms. The lowest BCUT2D eigenvalue weighted by Crippen LogP contribution is -2.21. The molecular weight excluding hydrogens is 290 g/mol. The molecule has 1 aromatic heterocycles. The molecule has 3 atom stereocenters. The number of rotatable bonds is 4. The Morgan fingerprint density at radius 2 is 2.24 bits per heavy atom. The van der Waals surface area contributed by atoms with Crippen molar-refractivity contribution in [2.45, 2.75) is 42.4 Å². The molecule has 1 aliphatic rings. The summed E-state index contributed by atoms with van der Waals surface area (Å²) in [4.78, 5) is 4.76. The molecule has 0 radical (unpaired) electrons. The second-order valence-corrected chi connectivity index (χ2v) is 8.60. The second kappa shape index (κ2) is 6.69. The minimum Gasteiger partial charge on any atom is -0.245 e. The van der Waals surface area contributed by atoms with Gasteiger partial charge in [0.1, 0.15) is 5.01 Å². The molecule has 2 rings (SSSR count). The number of alkyl halides is 1. The number of nitrogens with zero attached hydrogens (tertiary/aromatic N) is 1. The van der Waals surface area contributed by atoms with Gasteiger partial charge < -0.3 is 0 Å². The van der Waals surface area contributed by atoms with Gasteiger partial charge in [0.25, 0.3) is 0 Å². The fourth-order valence-corrected chi connectivity index (χ4v) is 5.95. The molecule has 1 nitrogen and oxygen atoms in total. The van der Waals surface area contributed by atoms with E-state index in [4.69, 9.17) is 16.6 Å². The van der Waals surface area contributed by atoms with Crippen LogP contribution in [-0.4, -0.2) is 27.1 Å². The molecule has 1 aliphatic heterocycles. The summed E-state index contributed by atoms with van der Waals surface area (Å²) in [6.07, 6.45) is 2.06. The SMILES string of the molecule is CC1SCC(c2nc(CCCCl)cs2)SC1C. The van der Waals surface area contributed by atoms with Crippen LogP contribution in [0.4, 0.5) is 0 Å². The lowest BCUT2D eigenvalue weighted by molar-refractivity contribution is 0.868. The van der Waals surface area contributed by atoms with Gasteiger partial charge in [0.15, 0.2) is 0 Å². The van der Waals surface area contributed by atoms with E-state index in [1.54, 1.807) is 0 Å². The standard InChI is InChI=1S/C12H18ClNS3/c1-8-9(2)17-11(7-15-8)12-14-10(6-16-12)4-3-5-13/h6,8-9,11H,3-5,7H2,1-2H3. The van der Waals surface area contributed by atoms with Crippen molar-refractivity contribution in [1.29, 1.82) is 0 Å². The molecule has 1 fully saturated rings. The Hall–Kier alpha value is 0.620. The van der Waals surface area contributed by atoms with Gasteiger partial charge in [-0.25, -0.2) is 4.98 Å². The van der Waals surface area contributed by atoms with E-state index < -0.39 is 0 Å². The molecule has 1 aromatic rings. The summed E-state index contributed by atoms with van der Waals surface area (Å²) in [5, 5.41) is 5.61. The Bertz CT molecular complexity index is 355. The lowest BCUT2D eigenvalue weighted by Gasteiger charge is -2.30. The van der Waals surface area contributed by atoms with Crippen molar-refractivity contribution in [3.05, 3.63) is 16.1 Å². The molecule has 0 spiro atoms. The number of thioether (sulfide) groups is 2. The monoisotopic (exact) mass is 307 g/mol. The first kappa shape index (κ1) is 14.0. The van der Waals surface area contributed by atoms with Gasteiger partial charge >= 0.3 is 0 Å². The van der Waals surface area contributed by atoms with Gasteiger partial charge in [-0.3, -0.25) is 0 Å². The maximum atomic E-state index is 5.71. The number of hydrogen-bond acceptors (Lipinski definition) is 4. The molecule has 1 saturated heterocycles. The Balaban J connectivity index is 1.95. The number of hydrogen-bond donors (Lipinski definition) is 0. The summed E-state index contributed by atoms with van der Waals surface area (Å²) in [5.41, 5.74) is 1.22. The van der Waals surface area contributed by atoms with E-state index >= 15 is 0 Å². The summed E-state index contributed by atoms with van der Waals surface area (Å²) in [6.45, 7) is 4.66. The van der Waals surface area contributed by atoms with Crippen LogP contribution in [-0.2, 0) is 6.42 Å². The topological polar surface area (TPSA) is 12.9 Å². The third kappa shape index (κ3) is 3.79. The minimum atomic E-state index is 0.598. The first-order valence-corrected chi connectivity index (χ1v) is 9.38. The predicted molar refractivity (Wildman–Crippen MR) is 82.9 cm³/mol. The Morgan fingerprint density at radius 1 is 1.41 bits per heavy atom. The van der Waals surface area contributed by atoms with Crippen molar-refractivity contribution in [1.82, 2.24) is 4.98 Å². The molecule has 0 N–H and O–H groups in total. The largest absolute Gasteiger partial charge is 0.245 e. The zero-order chi connectivity index (χ0) is 12.3. The highest BCUT2D eigenvalue weighted by Gasteiger charge is 2.28. The molecule has 0 aliphatic carbocycles. The normalized spacial score (nSPS) is 29.5. The number of aromatic nitrogens is 1. The third-order valence-corrected chi connectivity index (χ3v) is 7.78. The number of aryl methyl sites for hydroxylation is 1. The lowest BCUT2D eigenvalue weighted by atomic mass is 10.3. The highest BCUT2D eigenvalue weighted by Crippen LogP contribution is 2.44. The number of thiazole rings is 1. The van der Waals surface area contributed by atoms with Crippen LogP contribution in [0, 0.1) is 0 Å². The average molecular weight is 308 g/mol.